The van der Waals surface area contributed by atoms with Gasteiger partial charge in [-0.3, -0.25) is 4.79 Å². The molecule has 1 aliphatic heterocycles. The average molecular weight is 536 g/mol. The molecular formula is C31H34FNO6. The molecule has 5 rings (SSSR count). The molecule has 1 N–H and O–H groups in total. The van der Waals surface area contributed by atoms with E-state index in [0.29, 0.717) is 46.1 Å². The van der Waals surface area contributed by atoms with E-state index < -0.39 is 11.9 Å². The van der Waals surface area contributed by atoms with Crippen LogP contribution in [0.4, 0.5) is 4.39 Å². The van der Waals surface area contributed by atoms with Crippen molar-refractivity contribution in [2.24, 2.45) is 0 Å². The number of allylic oxidation sites excluding steroid dienone is 3. The van der Waals surface area contributed by atoms with Gasteiger partial charge in [-0.25, -0.2) is 9.18 Å². The average Bonchev–Trinajstić information content (AvgIpc) is 3.44. The third-order valence-electron chi connectivity index (χ3n) is 8.01. The maximum absolute atomic E-state index is 13.9. The van der Waals surface area contributed by atoms with Crippen LogP contribution in [0.25, 0.3) is 0 Å². The molecular weight excluding hydrogens is 501 g/mol. The lowest BCUT2D eigenvalue weighted by atomic mass is 9.71. The number of Topliss-reactive ketones (excluding diaryl/α,β-unsaturated/α-hetero) is 1. The van der Waals surface area contributed by atoms with Gasteiger partial charge in [0.25, 0.3) is 0 Å². The fraction of sp³-hybridized carbons (Fsp3) is 0.419. The maximum atomic E-state index is 13.9. The van der Waals surface area contributed by atoms with Crippen LogP contribution in [0.1, 0.15) is 68.4 Å². The molecule has 0 saturated heterocycles. The number of methoxy groups -OCH3 is 3. The highest BCUT2D eigenvalue weighted by atomic mass is 19.1. The molecule has 0 amide bonds. The highest BCUT2D eigenvalue weighted by molar-refractivity contribution is 6.04. The Morgan fingerprint density at radius 1 is 0.923 bits per heavy atom. The largest absolute Gasteiger partial charge is 0.493 e. The van der Waals surface area contributed by atoms with E-state index in [0.717, 1.165) is 36.9 Å². The Morgan fingerprint density at radius 3 is 2.26 bits per heavy atom. The molecule has 3 aliphatic rings. The number of rotatable bonds is 7. The fourth-order valence-corrected chi connectivity index (χ4v) is 6.16. The molecule has 2 atom stereocenters. The molecule has 2 aliphatic carbocycles. The van der Waals surface area contributed by atoms with Gasteiger partial charge in [0.05, 0.1) is 32.8 Å². The van der Waals surface area contributed by atoms with Crippen LogP contribution in [0, 0.1) is 5.82 Å². The molecule has 0 unspecified atom stereocenters. The Balaban J connectivity index is 1.63. The molecule has 2 aromatic carbocycles. The van der Waals surface area contributed by atoms with Crippen molar-refractivity contribution in [3.8, 4) is 17.2 Å². The van der Waals surface area contributed by atoms with E-state index in [9.17, 15) is 14.0 Å². The first-order chi connectivity index (χ1) is 18.9. The van der Waals surface area contributed by atoms with Crippen molar-refractivity contribution in [3.05, 3.63) is 75.9 Å². The first kappa shape index (κ1) is 26.8. The van der Waals surface area contributed by atoms with E-state index in [1.54, 1.807) is 18.2 Å². The second-order valence-corrected chi connectivity index (χ2v) is 10.3. The number of ether oxygens (including phenoxy) is 4. The normalized spacial score (nSPS) is 21.4. The van der Waals surface area contributed by atoms with Gasteiger partial charge < -0.3 is 24.3 Å². The number of hydrogen-bond donors (Lipinski definition) is 1. The molecule has 0 aromatic heterocycles. The summed E-state index contributed by atoms with van der Waals surface area (Å²) in [4.78, 5) is 27.7. The van der Waals surface area contributed by atoms with Crippen molar-refractivity contribution in [1.82, 2.24) is 5.32 Å². The van der Waals surface area contributed by atoms with Crippen LogP contribution in [0.15, 0.2) is 58.9 Å². The zero-order valence-electron chi connectivity index (χ0n) is 22.8. The molecule has 206 valence electrons. The molecule has 7 nitrogen and oxygen atoms in total. The van der Waals surface area contributed by atoms with Crippen molar-refractivity contribution >= 4 is 11.8 Å². The number of hydrogen-bond acceptors (Lipinski definition) is 7. The van der Waals surface area contributed by atoms with Gasteiger partial charge in [-0.05, 0) is 68.7 Å². The van der Waals surface area contributed by atoms with Crippen molar-refractivity contribution in [3.63, 3.8) is 0 Å². The minimum Gasteiger partial charge on any atom is -0.493 e. The first-order valence-electron chi connectivity index (χ1n) is 13.4. The zero-order valence-corrected chi connectivity index (χ0v) is 22.8. The Morgan fingerprint density at radius 2 is 1.62 bits per heavy atom. The van der Waals surface area contributed by atoms with Crippen LogP contribution in [-0.4, -0.2) is 39.2 Å². The molecule has 2 aromatic rings. The van der Waals surface area contributed by atoms with E-state index in [1.165, 1.54) is 33.5 Å². The minimum absolute atomic E-state index is 0.0846. The van der Waals surface area contributed by atoms with E-state index in [-0.39, 0.29) is 30.0 Å². The molecule has 39 heavy (non-hydrogen) atoms. The minimum atomic E-state index is -0.716. The Kier molecular flexibility index (Phi) is 7.64. The molecule has 1 fully saturated rings. The fourth-order valence-electron chi connectivity index (χ4n) is 6.16. The summed E-state index contributed by atoms with van der Waals surface area (Å²) in [5, 5.41) is 3.37. The first-order valence-corrected chi connectivity index (χ1v) is 13.4. The lowest BCUT2D eigenvalue weighted by molar-refractivity contribution is -0.144. The van der Waals surface area contributed by atoms with Crippen LogP contribution >= 0.6 is 0 Å². The molecule has 1 heterocycles. The van der Waals surface area contributed by atoms with Gasteiger partial charge in [-0.2, -0.15) is 0 Å². The monoisotopic (exact) mass is 535 g/mol. The summed E-state index contributed by atoms with van der Waals surface area (Å²) in [6, 6.07) is 9.85. The standard InChI is InChI=1S/C31H34FNO6/c1-17-26(31(35)39-21-7-5-6-8-21)27(22-13-14-25(36-2)30(38-4)29(22)37-3)28-23(33-17)15-19(16-24(28)34)18-9-11-20(32)12-10-18/h9-14,19,21,27,33H,5-8,15-16H2,1-4H3/t19-,27+/m1/s1. The summed E-state index contributed by atoms with van der Waals surface area (Å²) < 4.78 is 36.5. The number of nitrogens with one attached hydrogen (secondary N) is 1. The van der Waals surface area contributed by atoms with Gasteiger partial charge in [-0.15, -0.1) is 0 Å². The third-order valence-corrected chi connectivity index (χ3v) is 8.01. The molecule has 8 heteroatoms. The summed E-state index contributed by atoms with van der Waals surface area (Å²) >= 11 is 0. The number of esters is 1. The van der Waals surface area contributed by atoms with Gasteiger partial charge in [0.1, 0.15) is 11.9 Å². The number of carbonyl (C=O) groups is 2. The second kappa shape index (κ2) is 11.1. The SMILES string of the molecule is COc1ccc([C@H]2C(C(=O)OC3CCCC3)=C(C)NC3=C2C(=O)C[C@H](c2ccc(F)cc2)C3)c(OC)c1OC. The lowest BCUT2D eigenvalue weighted by Crippen LogP contribution is -2.36. The maximum Gasteiger partial charge on any atom is 0.337 e. The van der Waals surface area contributed by atoms with Gasteiger partial charge in [0, 0.05) is 29.0 Å². The van der Waals surface area contributed by atoms with Crippen LogP contribution in [0.5, 0.6) is 17.2 Å². The van der Waals surface area contributed by atoms with Crippen molar-refractivity contribution < 1.29 is 32.9 Å². The van der Waals surface area contributed by atoms with Crippen LogP contribution < -0.4 is 19.5 Å². The van der Waals surface area contributed by atoms with E-state index in [1.807, 2.05) is 13.0 Å². The summed E-state index contributed by atoms with van der Waals surface area (Å²) in [6.07, 6.45) is 4.37. The van der Waals surface area contributed by atoms with Crippen molar-refractivity contribution in [2.75, 3.05) is 21.3 Å². The van der Waals surface area contributed by atoms with Crippen LogP contribution in [0.3, 0.4) is 0 Å². The highest BCUT2D eigenvalue weighted by Gasteiger charge is 2.43. The highest BCUT2D eigenvalue weighted by Crippen LogP contribution is 2.51. The number of carbonyl (C=O) groups excluding carboxylic acids is 2. The molecule has 0 radical (unpaired) electrons. The molecule has 0 bridgehead atoms. The van der Waals surface area contributed by atoms with Crippen LogP contribution in [-0.2, 0) is 14.3 Å². The summed E-state index contributed by atoms with van der Waals surface area (Å²) in [7, 11) is 4.58. The molecule has 0 spiro atoms. The van der Waals surface area contributed by atoms with E-state index in [4.69, 9.17) is 18.9 Å². The van der Waals surface area contributed by atoms with Gasteiger partial charge in [0.15, 0.2) is 17.3 Å². The summed E-state index contributed by atoms with van der Waals surface area (Å²) in [5.41, 5.74) is 3.80. The Labute approximate surface area is 228 Å². The van der Waals surface area contributed by atoms with Crippen molar-refractivity contribution in [1.29, 1.82) is 0 Å². The third kappa shape index (κ3) is 5.00. The van der Waals surface area contributed by atoms with Gasteiger partial charge in [0.2, 0.25) is 5.75 Å². The number of ketones is 1. The second-order valence-electron chi connectivity index (χ2n) is 10.3. The summed E-state index contributed by atoms with van der Waals surface area (Å²) in [5.74, 6) is -0.421. The predicted octanol–water partition coefficient (Wildman–Crippen LogP) is 5.70. The topological polar surface area (TPSA) is 83.1 Å². The number of dihydropyridines is 1. The predicted molar refractivity (Wildman–Crippen MR) is 143 cm³/mol. The quantitative estimate of drug-likeness (QED) is 0.456. The molecule has 1 saturated carbocycles. The smallest absolute Gasteiger partial charge is 0.337 e. The van der Waals surface area contributed by atoms with Gasteiger partial charge >= 0.3 is 5.97 Å². The summed E-state index contributed by atoms with van der Waals surface area (Å²) in [6.45, 7) is 1.83. The van der Waals surface area contributed by atoms with Crippen LogP contribution in [0.2, 0.25) is 0 Å². The Hall–Kier alpha value is -3.81. The number of halogens is 1. The van der Waals surface area contributed by atoms with E-state index >= 15 is 0 Å². The van der Waals surface area contributed by atoms with Crippen molar-refractivity contribution in [2.45, 2.75) is 63.4 Å². The Bertz CT molecular complexity index is 1340. The lowest BCUT2D eigenvalue weighted by Gasteiger charge is -2.37. The zero-order chi connectivity index (χ0) is 27.7. The van der Waals surface area contributed by atoms with E-state index in [2.05, 4.69) is 5.32 Å². The number of benzene rings is 2. The van der Waals surface area contributed by atoms with Gasteiger partial charge in [-0.1, -0.05) is 18.2 Å².